The first-order valence-electron chi connectivity index (χ1n) is 16.5. The minimum absolute atomic E-state index is 0.0587. The van der Waals surface area contributed by atoms with Crippen LogP contribution in [0.3, 0.4) is 0 Å². The molecule has 3 aromatic carbocycles. The molecule has 1 fully saturated rings. The van der Waals surface area contributed by atoms with Gasteiger partial charge in [0.05, 0.1) is 25.9 Å². The number of hydrogen-bond donors (Lipinski definition) is 1. The molecule has 0 spiro atoms. The molecule has 5 rings (SSSR count). The van der Waals surface area contributed by atoms with Crippen molar-refractivity contribution in [1.29, 1.82) is 0 Å². The second-order valence-electron chi connectivity index (χ2n) is 13.6. The molecule has 252 valence electrons. The third kappa shape index (κ3) is 7.56. The Morgan fingerprint density at radius 2 is 1.60 bits per heavy atom. The number of aromatic nitrogens is 2. The van der Waals surface area contributed by atoms with Gasteiger partial charge in [0.15, 0.2) is 5.72 Å². The summed E-state index contributed by atoms with van der Waals surface area (Å²) in [6, 6.07) is 30.7. The van der Waals surface area contributed by atoms with Crippen molar-refractivity contribution in [2.75, 3.05) is 19.8 Å². The molecule has 4 aromatic rings. The zero-order chi connectivity index (χ0) is 34.2. The highest BCUT2D eigenvalue weighted by Crippen LogP contribution is 2.43. The molecule has 48 heavy (non-hydrogen) atoms. The zero-order valence-electron chi connectivity index (χ0n) is 28.2. The highest BCUT2D eigenvalue weighted by atomic mass is 28.4. The van der Waals surface area contributed by atoms with Gasteiger partial charge in [-0.1, -0.05) is 117 Å². The van der Waals surface area contributed by atoms with Crippen molar-refractivity contribution in [1.82, 2.24) is 9.55 Å². The molecule has 2 heterocycles. The van der Waals surface area contributed by atoms with E-state index in [4.69, 9.17) is 19.4 Å². The Morgan fingerprint density at radius 3 is 2.19 bits per heavy atom. The number of rotatable bonds is 14. The number of benzene rings is 3. The van der Waals surface area contributed by atoms with Crippen molar-refractivity contribution in [3.05, 3.63) is 140 Å². The van der Waals surface area contributed by atoms with E-state index in [1.807, 2.05) is 42.5 Å². The number of ether oxygens (including phenoxy) is 2. The summed E-state index contributed by atoms with van der Waals surface area (Å²) in [5, 5.41) is 5.84. The molecule has 1 aromatic heterocycles. The number of aryl methyl sites for hydroxylation is 1. The maximum absolute atomic E-state index is 13.4. The molecule has 0 amide bonds. The summed E-state index contributed by atoms with van der Waals surface area (Å²) in [4.78, 5) is 31.3. The van der Waals surface area contributed by atoms with Crippen LogP contribution in [0.5, 0.6) is 0 Å². The molecule has 1 saturated heterocycles. The molecular formula is C37H45N5O5Si. The Balaban J connectivity index is 1.55. The van der Waals surface area contributed by atoms with Crippen LogP contribution in [0.15, 0.2) is 112 Å². The number of H-pyrrole nitrogens is 1. The van der Waals surface area contributed by atoms with E-state index in [2.05, 4.69) is 84.3 Å². The van der Waals surface area contributed by atoms with E-state index in [1.165, 1.54) is 4.57 Å². The van der Waals surface area contributed by atoms with Gasteiger partial charge in [0.25, 0.3) is 13.9 Å². The molecule has 1 aliphatic heterocycles. The topological polar surface area (TPSA) is 131 Å². The molecule has 0 unspecified atom stereocenters. The van der Waals surface area contributed by atoms with Gasteiger partial charge in [-0.05, 0) is 52.2 Å². The van der Waals surface area contributed by atoms with E-state index in [-0.39, 0.29) is 24.2 Å². The van der Waals surface area contributed by atoms with Gasteiger partial charge in [-0.15, -0.1) is 0 Å². The predicted molar refractivity (Wildman–Crippen MR) is 190 cm³/mol. The fraction of sp³-hybridized carbons (Fsp3) is 0.405. The molecule has 1 N–H and O–H groups in total. The van der Waals surface area contributed by atoms with E-state index in [0.29, 0.717) is 38.0 Å². The SMILES string of the molecule is Cc1cn([C@@]2(COCc3ccccc3)C[C@H](CCCN=[N+]=[N-])[C@@H](CO[Si](c3ccccc3)(c3ccccc3)C(C)(C)C)O2)c(=O)[nH]c1=O. The first kappa shape index (κ1) is 35.1. The van der Waals surface area contributed by atoms with Crippen LogP contribution in [0.1, 0.15) is 51.2 Å². The molecule has 0 radical (unpaired) electrons. The van der Waals surface area contributed by atoms with E-state index >= 15 is 0 Å². The minimum atomic E-state index is -2.91. The summed E-state index contributed by atoms with van der Waals surface area (Å²) in [5.74, 6) is -0.0587. The van der Waals surface area contributed by atoms with Crippen molar-refractivity contribution in [2.45, 2.75) is 70.4 Å². The summed E-state index contributed by atoms with van der Waals surface area (Å²) in [6.07, 6.45) is 2.92. The van der Waals surface area contributed by atoms with Crippen LogP contribution in [0, 0.1) is 12.8 Å². The van der Waals surface area contributed by atoms with E-state index in [1.54, 1.807) is 13.1 Å². The fourth-order valence-corrected chi connectivity index (χ4v) is 11.5. The molecule has 11 heteroatoms. The van der Waals surface area contributed by atoms with Gasteiger partial charge in [-0.2, -0.15) is 0 Å². The summed E-state index contributed by atoms with van der Waals surface area (Å²) in [7, 11) is -2.91. The molecule has 0 aliphatic carbocycles. The monoisotopic (exact) mass is 667 g/mol. The molecule has 1 aliphatic rings. The molecule has 0 bridgehead atoms. The molecule has 0 saturated carbocycles. The van der Waals surface area contributed by atoms with Crippen molar-refractivity contribution in [3.63, 3.8) is 0 Å². The lowest BCUT2D eigenvalue weighted by Gasteiger charge is -2.43. The summed E-state index contributed by atoms with van der Waals surface area (Å²) in [5.41, 5.74) is 8.10. The molecular weight excluding hydrogens is 623 g/mol. The fourth-order valence-electron chi connectivity index (χ4n) is 6.95. The normalized spacial score (nSPS) is 19.6. The second-order valence-corrected chi connectivity index (χ2v) is 17.9. The lowest BCUT2D eigenvalue weighted by atomic mass is 9.92. The number of hydrogen-bond acceptors (Lipinski definition) is 6. The number of nitrogens with one attached hydrogen (secondary N) is 1. The summed E-state index contributed by atoms with van der Waals surface area (Å²) in [6.45, 7) is 9.40. The molecule has 10 nitrogen and oxygen atoms in total. The van der Waals surface area contributed by atoms with E-state index < -0.39 is 31.4 Å². The minimum Gasteiger partial charge on any atom is -0.405 e. The number of aromatic amines is 1. The smallest absolute Gasteiger partial charge is 0.330 e. The summed E-state index contributed by atoms with van der Waals surface area (Å²) >= 11 is 0. The Bertz CT molecular complexity index is 1760. The average molecular weight is 668 g/mol. The Kier molecular flexibility index (Phi) is 11.2. The largest absolute Gasteiger partial charge is 0.405 e. The lowest BCUT2D eigenvalue weighted by Crippen LogP contribution is -2.67. The second kappa shape index (κ2) is 15.3. The van der Waals surface area contributed by atoms with E-state index in [9.17, 15) is 9.59 Å². The van der Waals surface area contributed by atoms with Crippen molar-refractivity contribution in [2.24, 2.45) is 11.0 Å². The maximum Gasteiger partial charge on any atom is 0.330 e. The van der Waals surface area contributed by atoms with Crippen LogP contribution < -0.4 is 21.6 Å². The highest BCUT2D eigenvalue weighted by molar-refractivity contribution is 6.99. The first-order valence-corrected chi connectivity index (χ1v) is 18.4. The van der Waals surface area contributed by atoms with Crippen molar-refractivity contribution < 1.29 is 13.9 Å². The van der Waals surface area contributed by atoms with Gasteiger partial charge in [0.1, 0.15) is 0 Å². The zero-order valence-corrected chi connectivity index (χ0v) is 29.2. The van der Waals surface area contributed by atoms with Crippen LogP contribution in [-0.4, -0.2) is 43.7 Å². The molecule has 3 atom stereocenters. The van der Waals surface area contributed by atoms with Gasteiger partial charge in [-0.3, -0.25) is 14.3 Å². The maximum atomic E-state index is 13.4. The van der Waals surface area contributed by atoms with E-state index in [0.717, 1.165) is 15.9 Å². The average Bonchev–Trinajstić information content (AvgIpc) is 3.44. The quantitative estimate of drug-likeness (QED) is 0.0598. The number of azide groups is 1. The van der Waals surface area contributed by atoms with Crippen LogP contribution in [0.4, 0.5) is 0 Å². The van der Waals surface area contributed by atoms with Gasteiger partial charge in [0, 0.05) is 29.6 Å². The Labute approximate surface area is 282 Å². The van der Waals surface area contributed by atoms with Gasteiger partial charge < -0.3 is 13.9 Å². The summed E-state index contributed by atoms with van der Waals surface area (Å²) < 4.78 is 22.1. The third-order valence-corrected chi connectivity index (χ3v) is 14.3. The van der Waals surface area contributed by atoms with Gasteiger partial charge in [0.2, 0.25) is 0 Å². The Morgan fingerprint density at radius 1 is 1.00 bits per heavy atom. The van der Waals surface area contributed by atoms with Gasteiger partial charge >= 0.3 is 5.69 Å². The Hall–Kier alpha value is -4.25. The van der Waals surface area contributed by atoms with Gasteiger partial charge in [-0.25, -0.2) is 4.79 Å². The van der Waals surface area contributed by atoms with Crippen LogP contribution in [-0.2, 0) is 26.2 Å². The first-order chi connectivity index (χ1) is 23.1. The van der Waals surface area contributed by atoms with Crippen molar-refractivity contribution >= 4 is 18.7 Å². The van der Waals surface area contributed by atoms with Crippen molar-refractivity contribution in [3.8, 4) is 0 Å². The lowest BCUT2D eigenvalue weighted by molar-refractivity contribution is -0.155. The van der Waals surface area contributed by atoms with Crippen LogP contribution >= 0.6 is 0 Å². The van der Waals surface area contributed by atoms with Crippen LogP contribution in [0.2, 0.25) is 5.04 Å². The highest BCUT2D eigenvalue weighted by Gasteiger charge is 2.53. The van der Waals surface area contributed by atoms with Crippen LogP contribution in [0.25, 0.3) is 10.4 Å². The standard InChI is InChI=1S/C37H45N5O5Si/c1-28-24-42(35(44)40-34(28)43)37(27-45-25-29-15-8-5-9-16-29)23-30(17-14-22-39-41-38)33(47-37)26-46-48(36(2,3)4,31-18-10-6-11-19-31)32-20-12-7-13-21-32/h5-13,15-16,18-21,24,30,33H,14,17,22-23,25-27H2,1-4H3,(H,40,43,44)/t30-,33+,37-/m0/s1. The third-order valence-electron chi connectivity index (χ3n) is 9.25. The number of nitrogens with zero attached hydrogens (tertiary/aromatic N) is 4. The predicted octanol–water partition coefficient (Wildman–Crippen LogP) is 5.79.